The van der Waals surface area contributed by atoms with Crippen LogP contribution in [0, 0.1) is 5.82 Å². The van der Waals surface area contributed by atoms with Crippen molar-refractivity contribution in [3.8, 4) is 0 Å². The number of carboxylic acids is 1. The molecule has 0 radical (unpaired) electrons. The van der Waals surface area contributed by atoms with Crippen LogP contribution >= 0.6 is 11.6 Å². The quantitative estimate of drug-likeness (QED) is 0.782. The van der Waals surface area contributed by atoms with Crippen LogP contribution in [-0.4, -0.2) is 33.0 Å². The number of carbonyl (C=O) groups is 2. The zero-order valence-corrected chi connectivity index (χ0v) is 11.4. The van der Waals surface area contributed by atoms with Gasteiger partial charge in [0, 0.05) is 23.9 Å². The third-order valence-electron chi connectivity index (χ3n) is 2.76. The molecule has 0 unspecified atom stereocenters. The van der Waals surface area contributed by atoms with E-state index in [0.717, 1.165) is 12.1 Å². The van der Waals surface area contributed by atoms with Gasteiger partial charge in [-0.15, -0.1) is 0 Å². The Morgan fingerprint density at radius 2 is 2.24 bits per heavy atom. The highest BCUT2D eigenvalue weighted by molar-refractivity contribution is 6.31. The Bertz CT molecular complexity index is 661. The zero-order valence-electron chi connectivity index (χ0n) is 10.6. The van der Waals surface area contributed by atoms with E-state index in [0.29, 0.717) is 5.69 Å². The van der Waals surface area contributed by atoms with E-state index in [-0.39, 0.29) is 17.0 Å². The minimum absolute atomic E-state index is 0.0516. The summed E-state index contributed by atoms with van der Waals surface area (Å²) >= 11 is 5.59. The predicted octanol–water partition coefficient (Wildman–Crippen LogP) is 1.63. The molecule has 0 aliphatic heterocycles. The molecule has 1 amide bonds. The number of aromatic amines is 1. The van der Waals surface area contributed by atoms with Crippen molar-refractivity contribution in [1.82, 2.24) is 15.3 Å². The van der Waals surface area contributed by atoms with Gasteiger partial charge in [0.05, 0.1) is 11.3 Å². The fraction of sp³-hybridized carbons (Fsp3) is 0.154. The van der Waals surface area contributed by atoms with E-state index in [4.69, 9.17) is 16.7 Å². The number of nitrogens with one attached hydrogen (secondary N) is 2. The minimum atomic E-state index is -1.19. The van der Waals surface area contributed by atoms with Gasteiger partial charge in [0.2, 0.25) is 0 Å². The Kier molecular flexibility index (Phi) is 4.54. The maximum absolute atomic E-state index is 13.0. The number of nitrogens with zero attached hydrogens (tertiary/aromatic N) is 1. The molecular weight excluding hydrogens is 301 g/mol. The van der Waals surface area contributed by atoms with Gasteiger partial charge in [-0.2, -0.15) is 0 Å². The van der Waals surface area contributed by atoms with Crippen molar-refractivity contribution in [3.63, 3.8) is 0 Å². The van der Waals surface area contributed by atoms with Crippen molar-refractivity contribution in [2.45, 2.75) is 12.5 Å². The van der Waals surface area contributed by atoms with Crippen LogP contribution in [0.2, 0.25) is 5.02 Å². The molecule has 0 aliphatic carbocycles. The van der Waals surface area contributed by atoms with Crippen molar-refractivity contribution in [3.05, 3.63) is 52.8 Å². The number of H-pyrrole nitrogens is 1. The maximum Gasteiger partial charge on any atom is 0.326 e. The van der Waals surface area contributed by atoms with E-state index in [1.807, 2.05) is 0 Å². The number of benzene rings is 1. The molecule has 1 atom stereocenters. The van der Waals surface area contributed by atoms with Crippen LogP contribution in [0.25, 0.3) is 0 Å². The largest absolute Gasteiger partial charge is 0.480 e. The number of imidazole rings is 1. The molecule has 1 aromatic heterocycles. The average molecular weight is 312 g/mol. The highest BCUT2D eigenvalue weighted by Crippen LogP contribution is 2.16. The topological polar surface area (TPSA) is 95.1 Å². The first-order valence-electron chi connectivity index (χ1n) is 5.93. The van der Waals surface area contributed by atoms with Gasteiger partial charge in [0.25, 0.3) is 5.91 Å². The van der Waals surface area contributed by atoms with Crippen LogP contribution in [0.4, 0.5) is 4.39 Å². The summed E-state index contributed by atoms with van der Waals surface area (Å²) in [7, 11) is 0. The molecule has 1 heterocycles. The Morgan fingerprint density at radius 3 is 2.81 bits per heavy atom. The summed E-state index contributed by atoms with van der Waals surface area (Å²) in [4.78, 5) is 29.7. The van der Waals surface area contributed by atoms with Crippen LogP contribution in [0.15, 0.2) is 30.7 Å². The Hall–Kier alpha value is -2.41. The van der Waals surface area contributed by atoms with Crippen LogP contribution in [0.5, 0.6) is 0 Å². The number of halogens is 2. The van der Waals surface area contributed by atoms with Crippen molar-refractivity contribution in [1.29, 1.82) is 0 Å². The summed E-state index contributed by atoms with van der Waals surface area (Å²) in [5.74, 6) is -2.49. The highest BCUT2D eigenvalue weighted by atomic mass is 35.5. The molecule has 0 fully saturated rings. The second-order valence-corrected chi connectivity index (χ2v) is 4.68. The molecule has 2 aromatic rings. The number of hydrogen-bond acceptors (Lipinski definition) is 3. The number of carbonyl (C=O) groups excluding carboxylic acids is 1. The van der Waals surface area contributed by atoms with Crippen LogP contribution in [0.3, 0.4) is 0 Å². The number of aromatic nitrogens is 2. The van der Waals surface area contributed by atoms with E-state index >= 15 is 0 Å². The van der Waals surface area contributed by atoms with Gasteiger partial charge in [0.1, 0.15) is 11.9 Å². The predicted molar refractivity (Wildman–Crippen MR) is 72.6 cm³/mol. The Labute approximate surface area is 124 Å². The number of rotatable bonds is 5. The molecular formula is C13H11ClFN3O3. The minimum Gasteiger partial charge on any atom is -0.480 e. The second-order valence-electron chi connectivity index (χ2n) is 4.27. The van der Waals surface area contributed by atoms with Gasteiger partial charge in [-0.3, -0.25) is 4.79 Å². The summed E-state index contributed by atoms with van der Waals surface area (Å²) in [5.41, 5.74) is 0.650. The average Bonchev–Trinajstić information content (AvgIpc) is 2.93. The fourth-order valence-corrected chi connectivity index (χ4v) is 1.88. The first kappa shape index (κ1) is 15.0. The molecule has 1 aromatic carbocycles. The normalized spacial score (nSPS) is 11.9. The molecule has 8 heteroatoms. The molecule has 0 bridgehead atoms. The van der Waals surface area contributed by atoms with Crippen LogP contribution < -0.4 is 5.32 Å². The summed E-state index contributed by atoms with van der Waals surface area (Å²) in [6.45, 7) is 0. The third-order valence-corrected chi connectivity index (χ3v) is 3.05. The fourth-order valence-electron chi connectivity index (χ4n) is 1.70. The summed E-state index contributed by atoms with van der Waals surface area (Å²) in [6.07, 6.45) is 2.93. The van der Waals surface area contributed by atoms with E-state index in [1.165, 1.54) is 18.6 Å². The lowest BCUT2D eigenvalue weighted by Crippen LogP contribution is -2.42. The van der Waals surface area contributed by atoms with E-state index in [9.17, 15) is 14.0 Å². The van der Waals surface area contributed by atoms with Crippen LogP contribution in [-0.2, 0) is 11.2 Å². The van der Waals surface area contributed by atoms with Gasteiger partial charge in [0.15, 0.2) is 0 Å². The Morgan fingerprint density at radius 1 is 1.48 bits per heavy atom. The second kappa shape index (κ2) is 6.36. The molecule has 0 saturated carbocycles. The molecule has 0 aliphatic rings. The first-order valence-corrected chi connectivity index (χ1v) is 6.31. The monoisotopic (exact) mass is 311 g/mol. The van der Waals surface area contributed by atoms with E-state index < -0.39 is 23.7 Å². The smallest absolute Gasteiger partial charge is 0.326 e. The molecule has 0 spiro atoms. The molecule has 21 heavy (non-hydrogen) atoms. The maximum atomic E-state index is 13.0. The number of carboxylic acid groups (broad SMARTS) is 1. The number of hydrogen-bond donors (Lipinski definition) is 3. The lowest BCUT2D eigenvalue weighted by molar-refractivity contribution is -0.139. The SMILES string of the molecule is O=C(N[C@H](Cc1cnc[nH]1)C(=O)O)c1ccc(F)c(Cl)c1. The van der Waals surface area contributed by atoms with Crippen molar-refractivity contribution in [2.24, 2.45) is 0 Å². The van der Waals surface area contributed by atoms with Crippen molar-refractivity contribution >= 4 is 23.5 Å². The van der Waals surface area contributed by atoms with Crippen LogP contribution in [0.1, 0.15) is 16.1 Å². The molecule has 6 nitrogen and oxygen atoms in total. The summed E-state index contributed by atoms with van der Waals surface area (Å²) in [6, 6.07) is 2.27. The van der Waals surface area contributed by atoms with E-state index in [2.05, 4.69) is 15.3 Å². The lowest BCUT2D eigenvalue weighted by Gasteiger charge is -2.13. The number of amides is 1. The highest BCUT2D eigenvalue weighted by Gasteiger charge is 2.22. The third kappa shape index (κ3) is 3.79. The summed E-state index contributed by atoms with van der Waals surface area (Å²) in [5, 5.41) is 11.3. The summed E-state index contributed by atoms with van der Waals surface area (Å²) < 4.78 is 13.0. The van der Waals surface area contributed by atoms with Gasteiger partial charge < -0.3 is 15.4 Å². The van der Waals surface area contributed by atoms with Gasteiger partial charge in [-0.05, 0) is 18.2 Å². The van der Waals surface area contributed by atoms with Gasteiger partial charge >= 0.3 is 5.97 Å². The molecule has 2 rings (SSSR count). The van der Waals surface area contributed by atoms with Gasteiger partial charge in [-0.25, -0.2) is 14.2 Å². The van der Waals surface area contributed by atoms with Gasteiger partial charge in [-0.1, -0.05) is 11.6 Å². The lowest BCUT2D eigenvalue weighted by atomic mass is 10.1. The number of aliphatic carboxylic acids is 1. The molecule has 3 N–H and O–H groups in total. The van der Waals surface area contributed by atoms with Crippen molar-refractivity contribution < 1.29 is 19.1 Å². The molecule has 110 valence electrons. The Balaban J connectivity index is 2.10. The molecule has 0 saturated heterocycles. The standard InChI is InChI=1S/C13H11ClFN3O3/c14-9-3-7(1-2-10(9)15)12(19)18-11(13(20)21)4-8-5-16-6-17-8/h1-3,5-6,11H,4H2,(H,16,17)(H,18,19)(H,20,21)/t11-/m1/s1. The first-order chi connectivity index (χ1) is 9.97. The van der Waals surface area contributed by atoms with Crippen molar-refractivity contribution in [2.75, 3.05) is 0 Å². The van der Waals surface area contributed by atoms with E-state index in [1.54, 1.807) is 0 Å². The zero-order chi connectivity index (χ0) is 15.4.